The van der Waals surface area contributed by atoms with Crippen molar-refractivity contribution in [2.45, 2.75) is 78.6 Å². The number of hydrogen-bond acceptors (Lipinski definition) is 3. The molecule has 0 radical (unpaired) electrons. The van der Waals surface area contributed by atoms with Gasteiger partial charge in [-0.25, -0.2) is 9.78 Å². The van der Waals surface area contributed by atoms with Crippen LogP contribution in [0.15, 0.2) is 42.5 Å². The lowest BCUT2D eigenvalue weighted by atomic mass is 9.78. The second kappa shape index (κ2) is 9.89. The van der Waals surface area contributed by atoms with Crippen molar-refractivity contribution >= 4 is 17.0 Å². The molecule has 32 heavy (non-hydrogen) atoms. The number of esters is 1. The monoisotopic (exact) mass is 434 g/mol. The zero-order valence-corrected chi connectivity index (χ0v) is 20.5. The van der Waals surface area contributed by atoms with Gasteiger partial charge in [0, 0.05) is 6.42 Å². The summed E-state index contributed by atoms with van der Waals surface area (Å²) in [4.78, 5) is 19.5. The number of H-pyrrole nitrogens is 1. The van der Waals surface area contributed by atoms with Gasteiger partial charge in [-0.3, -0.25) is 0 Å². The predicted molar refractivity (Wildman–Crippen MR) is 132 cm³/mol. The average Bonchev–Trinajstić information content (AvgIpc) is 3.14. The van der Waals surface area contributed by atoms with E-state index in [1.54, 1.807) is 12.1 Å². The third-order valence-corrected chi connectivity index (χ3v) is 6.35. The molecule has 0 aliphatic heterocycles. The van der Waals surface area contributed by atoms with Crippen molar-refractivity contribution in [3.8, 4) is 0 Å². The van der Waals surface area contributed by atoms with Gasteiger partial charge in [-0.05, 0) is 53.0 Å². The van der Waals surface area contributed by atoms with Crippen molar-refractivity contribution in [2.75, 3.05) is 7.11 Å². The van der Waals surface area contributed by atoms with Gasteiger partial charge < -0.3 is 9.72 Å². The van der Waals surface area contributed by atoms with E-state index in [4.69, 9.17) is 4.74 Å². The summed E-state index contributed by atoms with van der Waals surface area (Å²) in [5.41, 5.74) is 5.58. The molecular formula is C28H38N2O2. The maximum absolute atomic E-state index is 11.6. The first-order valence-electron chi connectivity index (χ1n) is 11.7. The fraction of sp³-hybridized carbons (Fsp3) is 0.500. The van der Waals surface area contributed by atoms with Crippen LogP contribution in [0.1, 0.15) is 94.0 Å². The molecule has 0 saturated heterocycles. The zero-order valence-electron chi connectivity index (χ0n) is 20.5. The smallest absolute Gasteiger partial charge is 0.337 e. The normalized spacial score (nSPS) is 15.7. The van der Waals surface area contributed by atoms with Gasteiger partial charge in [-0.2, -0.15) is 0 Å². The molecule has 172 valence electrons. The van der Waals surface area contributed by atoms with Crippen LogP contribution < -0.4 is 0 Å². The van der Waals surface area contributed by atoms with Crippen LogP contribution in [0.25, 0.3) is 11.0 Å². The van der Waals surface area contributed by atoms with Gasteiger partial charge in [-0.1, -0.05) is 78.1 Å². The van der Waals surface area contributed by atoms with Crippen LogP contribution in [0.3, 0.4) is 0 Å². The molecule has 1 N–H and O–H groups in total. The molecule has 4 rings (SSSR count). The van der Waals surface area contributed by atoms with Crippen LogP contribution in [-0.4, -0.2) is 23.0 Å². The van der Waals surface area contributed by atoms with Gasteiger partial charge >= 0.3 is 5.97 Å². The summed E-state index contributed by atoms with van der Waals surface area (Å²) in [6.45, 7) is 11.4. The molecule has 1 fully saturated rings. The lowest BCUT2D eigenvalue weighted by Crippen LogP contribution is -2.14. The van der Waals surface area contributed by atoms with Gasteiger partial charge in [0.1, 0.15) is 5.82 Å². The quantitative estimate of drug-likeness (QED) is 0.443. The number of aromatic amines is 1. The van der Waals surface area contributed by atoms with Crippen molar-refractivity contribution in [1.29, 1.82) is 0 Å². The van der Waals surface area contributed by atoms with E-state index in [2.05, 4.69) is 68.9 Å². The molecule has 0 unspecified atom stereocenters. The number of nitrogens with zero attached hydrogens (tertiary/aromatic N) is 1. The number of ether oxygens (including phenoxy) is 1. The van der Waals surface area contributed by atoms with Gasteiger partial charge in [0.25, 0.3) is 0 Å². The first-order valence-corrected chi connectivity index (χ1v) is 11.7. The van der Waals surface area contributed by atoms with Crippen LogP contribution in [-0.2, 0) is 16.6 Å². The highest BCUT2D eigenvalue weighted by Crippen LogP contribution is 2.34. The van der Waals surface area contributed by atoms with Gasteiger partial charge in [0.2, 0.25) is 0 Å². The Morgan fingerprint density at radius 2 is 1.69 bits per heavy atom. The highest BCUT2D eigenvalue weighted by molar-refractivity contribution is 5.93. The van der Waals surface area contributed by atoms with E-state index < -0.39 is 0 Å². The van der Waals surface area contributed by atoms with Crippen LogP contribution in [0.2, 0.25) is 0 Å². The fourth-order valence-electron chi connectivity index (χ4n) is 4.22. The molecule has 0 amide bonds. The minimum absolute atomic E-state index is 0.155. The SMILES string of the molecule is CC1(C)CCCCC1.COC(=O)c1ccc2nc(Cc3ccc(C(C)(C)C)cc3)[nH]c2c1. The number of benzene rings is 2. The number of hydrogen-bond donors (Lipinski definition) is 1. The van der Waals surface area contributed by atoms with Crippen molar-refractivity contribution in [1.82, 2.24) is 9.97 Å². The Labute approximate surface area is 192 Å². The van der Waals surface area contributed by atoms with E-state index in [0.29, 0.717) is 11.0 Å². The Kier molecular flexibility index (Phi) is 7.43. The van der Waals surface area contributed by atoms with Crippen molar-refractivity contribution in [3.63, 3.8) is 0 Å². The van der Waals surface area contributed by atoms with E-state index in [1.165, 1.54) is 50.3 Å². The van der Waals surface area contributed by atoms with E-state index >= 15 is 0 Å². The molecule has 1 aromatic heterocycles. The number of rotatable bonds is 3. The number of imidazole rings is 1. The summed E-state index contributed by atoms with van der Waals surface area (Å²) < 4.78 is 4.75. The maximum atomic E-state index is 11.6. The summed E-state index contributed by atoms with van der Waals surface area (Å²) in [6.07, 6.45) is 8.04. The Hall–Kier alpha value is -2.62. The van der Waals surface area contributed by atoms with Gasteiger partial charge in [0.05, 0.1) is 23.7 Å². The molecule has 3 aromatic rings. The average molecular weight is 435 g/mol. The molecular weight excluding hydrogens is 396 g/mol. The molecule has 0 bridgehead atoms. The molecule has 0 atom stereocenters. The molecule has 1 aliphatic carbocycles. The molecule has 0 spiro atoms. The van der Waals surface area contributed by atoms with Crippen molar-refractivity contribution in [2.24, 2.45) is 5.41 Å². The lowest BCUT2D eigenvalue weighted by Gasteiger charge is -2.28. The van der Waals surface area contributed by atoms with Crippen LogP contribution in [0.5, 0.6) is 0 Å². The van der Waals surface area contributed by atoms with Crippen molar-refractivity contribution in [3.05, 3.63) is 65.0 Å². The summed E-state index contributed by atoms with van der Waals surface area (Å²) in [5.74, 6) is 0.543. The summed E-state index contributed by atoms with van der Waals surface area (Å²) in [6, 6.07) is 14.0. The highest BCUT2D eigenvalue weighted by Gasteiger charge is 2.20. The molecule has 2 aromatic carbocycles. The van der Waals surface area contributed by atoms with Gasteiger partial charge in [0.15, 0.2) is 0 Å². The van der Waals surface area contributed by atoms with Gasteiger partial charge in [-0.15, -0.1) is 0 Å². The first-order chi connectivity index (χ1) is 15.1. The Bertz CT molecular complexity index is 1030. The first kappa shape index (κ1) is 24.0. The summed E-state index contributed by atoms with van der Waals surface area (Å²) in [7, 11) is 1.38. The summed E-state index contributed by atoms with van der Waals surface area (Å²) in [5, 5.41) is 0. The third-order valence-electron chi connectivity index (χ3n) is 6.35. The highest BCUT2D eigenvalue weighted by atomic mass is 16.5. The second-order valence-electron chi connectivity index (χ2n) is 10.8. The van der Waals surface area contributed by atoms with Crippen LogP contribution in [0.4, 0.5) is 0 Å². The fourth-order valence-corrected chi connectivity index (χ4v) is 4.22. The molecule has 1 heterocycles. The van der Waals surface area contributed by atoms with E-state index in [1.807, 2.05) is 6.07 Å². The standard InChI is InChI=1S/C20H22N2O2.C8H16/c1-20(2,3)15-8-5-13(6-9-15)11-18-21-16-10-7-14(19(23)24-4)12-17(16)22-18;1-8(2)6-4-3-5-7-8/h5-10,12H,11H2,1-4H3,(H,21,22);3-7H2,1-2H3. The molecule has 4 nitrogen and oxygen atoms in total. The second-order valence-corrected chi connectivity index (χ2v) is 10.8. The number of carbonyl (C=O) groups excluding carboxylic acids is 1. The number of methoxy groups -OCH3 is 1. The van der Waals surface area contributed by atoms with Crippen LogP contribution in [0, 0.1) is 5.41 Å². The lowest BCUT2D eigenvalue weighted by molar-refractivity contribution is 0.0601. The molecule has 1 saturated carbocycles. The predicted octanol–water partition coefficient (Wildman–Crippen LogP) is 7.21. The number of fused-ring (bicyclic) bond motifs is 1. The Balaban J connectivity index is 0.000000305. The Morgan fingerprint density at radius 1 is 1.03 bits per heavy atom. The van der Waals surface area contributed by atoms with Crippen molar-refractivity contribution < 1.29 is 9.53 Å². The Morgan fingerprint density at radius 3 is 2.22 bits per heavy atom. The minimum atomic E-state index is -0.342. The number of carbonyl (C=O) groups is 1. The number of aromatic nitrogens is 2. The van der Waals surface area contributed by atoms with E-state index in [-0.39, 0.29) is 11.4 Å². The van der Waals surface area contributed by atoms with E-state index in [9.17, 15) is 4.79 Å². The maximum Gasteiger partial charge on any atom is 0.337 e. The topological polar surface area (TPSA) is 55.0 Å². The number of nitrogens with one attached hydrogen (secondary N) is 1. The zero-order chi connectivity index (χ0) is 23.4. The van der Waals surface area contributed by atoms with Crippen LogP contribution >= 0.6 is 0 Å². The van der Waals surface area contributed by atoms with E-state index in [0.717, 1.165) is 23.3 Å². The summed E-state index contributed by atoms with van der Waals surface area (Å²) >= 11 is 0. The molecule has 4 heteroatoms. The minimum Gasteiger partial charge on any atom is -0.465 e. The third kappa shape index (κ3) is 6.44. The largest absolute Gasteiger partial charge is 0.465 e. The molecule has 1 aliphatic rings.